The molecule has 1 aromatic carbocycles. The van der Waals surface area contributed by atoms with E-state index in [0.717, 1.165) is 29.7 Å². The minimum absolute atomic E-state index is 0.390. The average Bonchev–Trinajstić information content (AvgIpc) is 2.81. The highest BCUT2D eigenvalue weighted by atomic mass is 79.9. The Labute approximate surface area is 109 Å². The summed E-state index contributed by atoms with van der Waals surface area (Å²) in [5.41, 5.74) is 6.88. The standard InChI is InChI=1S/C12H16BrN3O/c1-16(9-4-5-15-7-9)11-3-2-8(13)6-10(11)12(14)17/h2-3,6,9,15H,4-5,7H2,1H3,(H2,14,17). The van der Waals surface area contributed by atoms with Gasteiger partial charge in [0.2, 0.25) is 0 Å². The van der Waals surface area contributed by atoms with Crippen LogP contribution in [0.3, 0.4) is 0 Å². The van der Waals surface area contributed by atoms with Crippen molar-refractivity contribution >= 4 is 27.5 Å². The number of nitrogens with one attached hydrogen (secondary N) is 1. The van der Waals surface area contributed by atoms with Crippen LogP contribution in [0.25, 0.3) is 0 Å². The third-order valence-corrected chi connectivity index (χ3v) is 3.68. The van der Waals surface area contributed by atoms with Crippen molar-refractivity contribution in [3.05, 3.63) is 28.2 Å². The maximum atomic E-state index is 11.5. The summed E-state index contributed by atoms with van der Waals surface area (Å²) in [6.45, 7) is 1.97. The molecule has 0 radical (unpaired) electrons. The summed E-state index contributed by atoms with van der Waals surface area (Å²) >= 11 is 3.36. The minimum Gasteiger partial charge on any atom is -0.370 e. The second kappa shape index (κ2) is 5.06. The predicted octanol–water partition coefficient (Wildman–Crippen LogP) is 1.35. The summed E-state index contributed by atoms with van der Waals surface area (Å²) in [4.78, 5) is 13.6. The van der Waals surface area contributed by atoms with Crippen LogP contribution in [0.4, 0.5) is 5.69 Å². The zero-order valence-electron chi connectivity index (χ0n) is 9.74. The molecule has 0 saturated carbocycles. The lowest BCUT2D eigenvalue weighted by atomic mass is 10.1. The smallest absolute Gasteiger partial charge is 0.250 e. The van der Waals surface area contributed by atoms with Crippen molar-refractivity contribution < 1.29 is 4.79 Å². The van der Waals surface area contributed by atoms with Gasteiger partial charge in [-0.1, -0.05) is 15.9 Å². The van der Waals surface area contributed by atoms with Crippen molar-refractivity contribution in [2.45, 2.75) is 12.5 Å². The fourth-order valence-electron chi connectivity index (χ4n) is 2.18. The summed E-state index contributed by atoms with van der Waals surface area (Å²) in [6, 6.07) is 6.06. The zero-order chi connectivity index (χ0) is 12.4. The Hall–Kier alpha value is -1.07. The summed E-state index contributed by atoms with van der Waals surface area (Å²) in [7, 11) is 2.01. The molecule has 1 aliphatic heterocycles. The number of rotatable bonds is 3. The van der Waals surface area contributed by atoms with Gasteiger partial charge in [-0.15, -0.1) is 0 Å². The van der Waals surface area contributed by atoms with Crippen LogP contribution in [-0.4, -0.2) is 32.1 Å². The molecule has 0 bridgehead atoms. The van der Waals surface area contributed by atoms with Gasteiger partial charge in [-0.2, -0.15) is 0 Å². The highest BCUT2D eigenvalue weighted by Gasteiger charge is 2.22. The summed E-state index contributed by atoms with van der Waals surface area (Å²) in [6.07, 6.45) is 1.09. The van der Waals surface area contributed by atoms with E-state index in [-0.39, 0.29) is 5.91 Å². The monoisotopic (exact) mass is 297 g/mol. The average molecular weight is 298 g/mol. The van der Waals surface area contributed by atoms with Gasteiger partial charge < -0.3 is 16.0 Å². The first-order valence-electron chi connectivity index (χ1n) is 5.62. The second-order valence-corrected chi connectivity index (χ2v) is 5.20. The van der Waals surface area contributed by atoms with Crippen LogP contribution < -0.4 is 16.0 Å². The largest absolute Gasteiger partial charge is 0.370 e. The maximum Gasteiger partial charge on any atom is 0.250 e. The van der Waals surface area contributed by atoms with Crippen LogP contribution in [0.2, 0.25) is 0 Å². The maximum absolute atomic E-state index is 11.5. The number of anilines is 1. The van der Waals surface area contributed by atoms with Crippen molar-refractivity contribution in [1.29, 1.82) is 0 Å². The highest BCUT2D eigenvalue weighted by molar-refractivity contribution is 9.10. The number of halogens is 1. The van der Waals surface area contributed by atoms with E-state index in [1.54, 1.807) is 6.07 Å². The first kappa shape index (κ1) is 12.4. The number of hydrogen-bond donors (Lipinski definition) is 2. The first-order valence-corrected chi connectivity index (χ1v) is 6.42. The Morgan fingerprint density at radius 2 is 2.35 bits per heavy atom. The predicted molar refractivity (Wildman–Crippen MR) is 72.3 cm³/mol. The van der Waals surface area contributed by atoms with Crippen LogP contribution in [0.5, 0.6) is 0 Å². The molecule has 1 amide bonds. The van der Waals surface area contributed by atoms with Crippen molar-refractivity contribution in [2.24, 2.45) is 5.73 Å². The molecule has 1 aliphatic rings. The number of nitrogens with two attached hydrogens (primary N) is 1. The molecule has 5 heteroatoms. The van der Waals surface area contributed by atoms with Crippen LogP contribution in [-0.2, 0) is 0 Å². The van der Waals surface area contributed by atoms with Gasteiger partial charge in [-0.3, -0.25) is 4.79 Å². The molecule has 4 nitrogen and oxygen atoms in total. The van der Waals surface area contributed by atoms with E-state index in [4.69, 9.17) is 5.73 Å². The lowest BCUT2D eigenvalue weighted by Crippen LogP contribution is -2.34. The molecule has 92 valence electrons. The van der Waals surface area contributed by atoms with Crippen LogP contribution in [0, 0.1) is 0 Å². The van der Waals surface area contributed by atoms with Crippen molar-refractivity contribution in [3.8, 4) is 0 Å². The lowest BCUT2D eigenvalue weighted by molar-refractivity contribution is 0.100. The normalized spacial score (nSPS) is 19.3. The third kappa shape index (κ3) is 2.61. The molecule has 2 rings (SSSR count). The molecule has 1 aromatic rings. The number of benzene rings is 1. The van der Waals surface area contributed by atoms with E-state index in [1.165, 1.54) is 0 Å². The molecular weight excluding hydrogens is 282 g/mol. The van der Waals surface area contributed by atoms with Gasteiger partial charge in [0, 0.05) is 29.8 Å². The number of likely N-dealkylation sites (N-methyl/N-ethyl adjacent to an activating group) is 1. The van der Waals surface area contributed by atoms with Gasteiger partial charge in [0.15, 0.2) is 0 Å². The van der Waals surface area contributed by atoms with Crippen molar-refractivity contribution in [3.63, 3.8) is 0 Å². The Morgan fingerprint density at radius 3 is 2.94 bits per heavy atom. The number of nitrogens with zero attached hydrogens (tertiary/aromatic N) is 1. The van der Waals surface area contributed by atoms with Crippen molar-refractivity contribution in [2.75, 3.05) is 25.0 Å². The second-order valence-electron chi connectivity index (χ2n) is 4.28. The molecule has 17 heavy (non-hydrogen) atoms. The number of carbonyl (C=O) groups excluding carboxylic acids is 1. The topological polar surface area (TPSA) is 58.4 Å². The Balaban J connectivity index is 2.33. The zero-order valence-corrected chi connectivity index (χ0v) is 11.3. The molecular formula is C12H16BrN3O. The number of hydrogen-bond acceptors (Lipinski definition) is 3. The number of amides is 1. The Kier molecular flexibility index (Phi) is 3.69. The van der Waals surface area contributed by atoms with E-state index in [9.17, 15) is 4.79 Å². The molecule has 1 atom stereocenters. The van der Waals surface area contributed by atoms with E-state index in [1.807, 2.05) is 19.2 Å². The third-order valence-electron chi connectivity index (χ3n) is 3.19. The first-order chi connectivity index (χ1) is 8.09. The molecule has 0 aliphatic carbocycles. The van der Waals surface area contributed by atoms with Gasteiger partial charge in [-0.05, 0) is 31.2 Å². The molecule has 0 spiro atoms. The van der Waals surface area contributed by atoms with E-state index >= 15 is 0 Å². The molecule has 3 N–H and O–H groups in total. The van der Waals surface area contributed by atoms with E-state index < -0.39 is 0 Å². The highest BCUT2D eigenvalue weighted by Crippen LogP contribution is 2.26. The minimum atomic E-state index is -0.390. The van der Waals surface area contributed by atoms with Gasteiger partial charge >= 0.3 is 0 Å². The fraction of sp³-hybridized carbons (Fsp3) is 0.417. The van der Waals surface area contributed by atoms with Gasteiger partial charge in [0.25, 0.3) is 5.91 Å². The molecule has 0 aromatic heterocycles. The van der Waals surface area contributed by atoms with Gasteiger partial charge in [0.05, 0.1) is 5.56 Å². The summed E-state index contributed by atoms with van der Waals surface area (Å²) in [5.74, 6) is -0.390. The lowest BCUT2D eigenvalue weighted by Gasteiger charge is -2.27. The molecule has 1 unspecified atom stereocenters. The Bertz CT molecular complexity index is 430. The summed E-state index contributed by atoms with van der Waals surface area (Å²) in [5, 5.41) is 3.32. The fourth-order valence-corrected chi connectivity index (χ4v) is 2.54. The SMILES string of the molecule is CN(c1ccc(Br)cc1C(N)=O)C1CCNC1. The molecule has 1 heterocycles. The van der Waals surface area contributed by atoms with E-state index in [0.29, 0.717) is 11.6 Å². The van der Waals surface area contributed by atoms with E-state index in [2.05, 4.69) is 26.1 Å². The quantitative estimate of drug-likeness (QED) is 0.885. The molecule has 1 saturated heterocycles. The van der Waals surface area contributed by atoms with Crippen LogP contribution in [0.1, 0.15) is 16.8 Å². The number of primary amides is 1. The molecule has 1 fully saturated rings. The summed E-state index contributed by atoms with van der Waals surface area (Å²) < 4.78 is 0.869. The van der Waals surface area contributed by atoms with Gasteiger partial charge in [0.1, 0.15) is 0 Å². The Morgan fingerprint density at radius 1 is 1.59 bits per heavy atom. The van der Waals surface area contributed by atoms with Crippen LogP contribution >= 0.6 is 15.9 Å². The number of carbonyl (C=O) groups is 1. The van der Waals surface area contributed by atoms with Gasteiger partial charge in [-0.25, -0.2) is 0 Å². The van der Waals surface area contributed by atoms with Crippen LogP contribution in [0.15, 0.2) is 22.7 Å². The van der Waals surface area contributed by atoms with Crippen molar-refractivity contribution in [1.82, 2.24) is 5.32 Å².